The SMILES string of the molecule is Cc1cc(C(=O)NC2CCCCCC2)c2cc(Cl)ccc2n1. The van der Waals surface area contributed by atoms with Gasteiger partial charge in [-0.2, -0.15) is 0 Å². The van der Waals surface area contributed by atoms with Gasteiger partial charge in [0.15, 0.2) is 0 Å². The quantitative estimate of drug-likeness (QED) is 0.819. The van der Waals surface area contributed by atoms with Crippen LogP contribution in [0.15, 0.2) is 24.3 Å². The summed E-state index contributed by atoms with van der Waals surface area (Å²) in [6.07, 6.45) is 7.11. The third kappa shape index (κ3) is 3.41. The predicted octanol–water partition coefficient (Wildman–Crippen LogP) is 4.65. The van der Waals surface area contributed by atoms with Gasteiger partial charge in [0.05, 0.1) is 11.1 Å². The maximum absolute atomic E-state index is 12.7. The average molecular weight is 317 g/mol. The van der Waals surface area contributed by atoms with E-state index in [1.165, 1.54) is 25.7 Å². The van der Waals surface area contributed by atoms with Crippen LogP contribution in [0.5, 0.6) is 0 Å². The van der Waals surface area contributed by atoms with Crippen molar-refractivity contribution in [3.05, 3.63) is 40.5 Å². The molecule has 1 amide bonds. The monoisotopic (exact) mass is 316 g/mol. The van der Waals surface area contributed by atoms with E-state index < -0.39 is 0 Å². The fraction of sp³-hybridized carbons (Fsp3) is 0.444. The molecule has 0 aliphatic heterocycles. The van der Waals surface area contributed by atoms with E-state index in [-0.39, 0.29) is 11.9 Å². The lowest BCUT2D eigenvalue weighted by Crippen LogP contribution is -2.34. The van der Waals surface area contributed by atoms with Crippen molar-refractivity contribution in [2.75, 3.05) is 0 Å². The van der Waals surface area contributed by atoms with Crippen LogP contribution >= 0.6 is 11.6 Å². The van der Waals surface area contributed by atoms with E-state index in [1.54, 1.807) is 0 Å². The van der Waals surface area contributed by atoms with Gasteiger partial charge in [-0.25, -0.2) is 0 Å². The van der Waals surface area contributed by atoms with Crippen LogP contribution in [0.2, 0.25) is 5.02 Å². The molecule has 4 heteroatoms. The molecule has 3 rings (SSSR count). The van der Waals surface area contributed by atoms with Gasteiger partial charge in [-0.3, -0.25) is 9.78 Å². The zero-order valence-corrected chi connectivity index (χ0v) is 13.6. The van der Waals surface area contributed by atoms with Gasteiger partial charge < -0.3 is 5.32 Å². The molecule has 0 radical (unpaired) electrons. The second-order valence-corrected chi connectivity index (χ2v) is 6.57. The van der Waals surface area contributed by atoms with Crippen molar-refractivity contribution < 1.29 is 4.79 Å². The minimum atomic E-state index is -0.00957. The topological polar surface area (TPSA) is 42.0 Å². The first-order chi connectivity index (χ1) is 10.6. The maximum Gasteiger partial charge on any atom is 0.252 e. The molecular formula is C18H21ClN2O. The molecule has 0 unspecified atom stereocenters. The minimum Gasteiger partial charge on any atom is -0.349 e. The lowest BCUT2D eigenvalue weighted by Gasteiger charge is -2.17. The first-order valence-corrected chi connectivity index (χ1v) is 8.39. The van der Waals surface area contributed by atoms with E-state index in [0.29, 0.717) is 10.6 Å². The standard InChI is InChI=1S/C18H21ClN2O/c1-12-10-16(15-11-13(19)8-9-17(15)20-12)18(22)21-14-6-4-2-3-5-7-14/h8-11,14H,2-7H2,1H3,(H,21,22). The summed E-state index contributed by atoms with van der Waals surface area (Å²) < 4.78 is 0. The van der Waals surface area contributed by atoms with Crippen LogP contribution < -0.4 is 5.32 Å². The number of carbonyl (C=O) groups is 1. The van der Waals surface area contributed by atoms with Gasteiger partial charge in [-0.15, -0.1) is 0 Å². The summed E-state index contributed by atoms with van der Waals surface area (Å²) in [5, 5.41) is 4.65. The van der Waals surface area contributed by atoms with E-state index in [9.17, 15) is 4.79 Å². The van der Waals surface area contributed by atoms with Crippen LogP contribution in [-0.4, -0.2) is 16.9 Å². The third-order valence-corrected chi connectivity index (χ3v) is 4.57. The molecule has 1 saturated carbocycles. The molecule has 1 heterocycles. The normalized spacial score (nSPS) is 16.5. The molecule has 1 aliphatic carbocycles. The number of hydrogen-bond donors (Lipinski definition) is 1. The van der Waals surface area contributed by atoms with Crippen molar-refractivity contribution in [3.8, 4) is 0 Å². The van der Waals surface area contributed by atoms with Crippen LogP contribution in [0.1, 0.15) is 54.6 Å². The van der Waals surface area contributed by atoms with Crippen molar-refractivity contribution in [2.45, 2.75) is 51.5 Å². The van der Waals surface area contributed by atoms with E-state index >= 15 is 0 Å². The van der Waals surface area contributed by atoms with Gasteiger partial charge in [-0.1, -0.05) is 37.3 Å². The smallest absolute Gasteiger partial charge is 0.252 e. The van der Waals surface area contributed by atoms with Crippen LogP contribution in [0, 0.1) is 6.92 Å². The molecule has 0 saturated heterocycles. The van der Waals surface area contributed by atoms with Crippen LogP contribution in [0.4, 0.5) is 0 Å². The second-order valence-electron chi connectivity index (χ2n) is 6.13. The summed E-state index contributed by atoms with van der Waals surface area (Å²) in [6.45, 7) is 1.91. The highest BCUT2D eigenvalue weighted by Crippen LogP contribution is 2.23. The number of amides is 1. The van der Waals surface area contributed by atoms with Crippen LogP contribution in [-0.2, 0) is 0 Å². The lowest BCUT2D eigenvalue weighted by atomic mass is 10.0. The number of carbonyl (C=O) groups excluding carboxylic acids is 1. The first-order valence-electron chi connectivity index (χ1n) is 8.01. The number of nitrogens with zero attached hydrogens (tertiary/aromatic N) is 1. The summed E-state index contributed by atoms with van der Waals surface area (Å²) in [7, 11) is 0. The fourth-order valence-corrected chi connectivity index (χ4v) is 3.38. The van der Waals surface area contributed by atoms with Gasteiger partial charge in [0, 0.05) is 22.1 Å². The Morgan fingerprint density at radius 2 is 1.91 bits per heavy atom. The van der Waals surface area contributed by atoms with Gasteiger partial charge in [0.2, 0.25) is 0 Å². The van der Waals surface area contributed by atoms with Gasteiger partial charge >= 0.3 is 0 Å². The van der Waals surface area contributed by atoms with E-state index in [2.05, 4.69) is 10.3 Å². The Labute approximate surface area is 136 Å². The molecule has 1 aromatic heterocycles. The summed E-state index contributed by atoms with van der Waals surface area (Å²) >= 11 is 6.09. The van der Waals surface area contributed by atoms with Crippen LogP contribution in [0.3, 0.4) is 0 Å². The number of halogens is 1. The average Bonchev–Trinajstić information content (AvgIpc) is 2.75. The molecular weight excluding hydrogens is 296 g/mol. The highest BCUT2D eigenvalue weighted by atomic mass is 35.5. The zero-order valence-electron chi connectivity index (χ0n) is 12.9. The molecule has 1 aliphatic rings. The molecule has 22 heavy (non-hydrogen) atoms. The predicted molar refractivity (Wildman–Crippen MR) is 90.4 cm³/mol. The molecule has 1 N–H and O–H groups in total. The van der Waals surface area contributed by atoms with Gasteiger partial charge in [0.1, 0.15) is 0 Å². The van der Waals surface area contributed by atoms with Crippen molar-refractivity contribution >= 4 is 28.4 Å². The molecule has 1 fully saturated rings. The lowest BCUT2D eigenvalue weighted by molar-refractivity contribution is 0.0935. The van der Waals surface area contributed by atoms with Crippen molar-refractivity contribution in [2.24, 2.45) is 0 Å². The summed E-state index contributed by atoms with van der Waals surface area (Å²) in [5.74, 6) is -0.00957. The molecule has 0 spiro atoms. The van der Waals surface area contributed by atoms with Crippen molar-refractivity contribution in [1.82, 2.24) is 10.3 Å². The van der Waals surface area contributed by atoms with E-state index in [1.807, 2.05) is 31.2 Å². The summed E-state index contributed by atoms with van der Waals surface area (Å²) in [6, 6.07) is 7.64. The number of aromatic nitrogens is 1. The van der Waals surface area contributed by atoms with E-state index in [0.717, 1.165) is 29.4 Å². The first kappa shape index (κ1) is 15.3. The Morgan fingerprint density at radius 1 is 1.18 bits per heavy atom. The number of hydrogen-bond acceptors (Lipinski definition) is 2. The minimum absolute atomic E-state index is 0.00957. The molecule has 2 aromatic rings. The Hall–Kier alpha value is -1.61. The number of benzene rings is 1. The Kier molecular flexibility index (Phi) is 4.63. The molecule has 116 valence electrons. The molecule has 3 nitrogen and oxygen atoms in total. The number of nitrogens with one attached hydrogen (secondary N) is 1. The largest absolute Gasteiger partial charge is 0.349 e. The Morgan fingerprint density at radius 3 is 2.64 bits per heavy atom. The summed E-state index contributed by atoms with van der Waals surface area (Å²) in [4.78, 5) is 17.2. The number of fused-ring (bicyclic) bond motifs is 1. The van der Waals surface area contributed by atoms with E-state index in [4.69, 9.17) is 11.6 Å². The molecule has 0 bridgehead atoms. The fourth-order valence-electron chi connectivity index (χ4n) is 3.21. The molecule has 1 aromatic carbocycles. The molecule has 0 atom stereocenters. The third-order valence-electron chi connectivity index (χ3n) is 4.33. The second kappa shape index (κ2) is 6.66. The Balaban J connectivity index is 1.90. The highest BCUT2D eigenvalue weighted by molar-refractivity contribution is 6.31. The van der Waals surface area contributed by atoms with Gasteiger partial charge in [-0.05, 0) is 44.0 Å². The summed E-state index contributed by atoms with van der Waals surface area (Å²) in [5.41, 5.74) is 2.34. The van der Waals surface area contributed by atoms with Gasteiger partial charge in [0.25, 0.3) is 5.91 Å². The number of aryl methyl sites for hydroxylation is 1. The highest BCUT2D eigenvalue weighted by Gasteiger charge is 2.18. The number of rotatable bonds is 2. The van der Waals surface area contributed by atoms with Crippen molar-refractivity contribution in [3.63, 3.8) is 0 Å². The van der Waals surface area contributed by atoms with Crippen molar-refractivity contribution in [1.29, 1.82) is 0 Å². The zero-order chi connectivity index (χ0) is 15.5. The number of pyridine rings is 1. The van der Waals surface area contributed by atoms with Crippen LogP contribution in [0.25, 0.3) is 10.9 Å². The Bertz CT molecular complexity index is 691. The maximum atomic E-state index is 12.7.